The first-order chi connectivity index (χ1) is 52.1. The van der Waals surface area contributed by atoms with Crippen LogP contribution in [0.4, 0.5) is 34.1 Å². The van der Waals surface area contributed by atoms with Crippen molar-refractivity contribution in [3.8, 4) is 67.0 Å². The molecule has 2 aliphatic carbocycles. The molecule has 106 heavy (non-hydrogen) atoms. The maximum atomic E-state index is 2.54. The van der Waals surface area contributed by atoms with Crippen LogP contribution in [0.1, 0.15) is 49.9 Å². The molecule has 21 rings (SSSR count). The number of rotatable bonds is 11. The molecule has 0 saturated carbocycles. The minimum atomic E-state index is -0.219. The summed E-state index contributed by atoms with van der Waals surface area (Å²) < 4.78 is 5.07. The Morgan fingerprint density at radius 2 is 0.651 bits per heavy atom. The maximum Gasteiger partial charge on any atom is 0.0626 e. The van der Waals surface area contributed by atoms with Gasteiger partial charge in [-0.15, -0.1) is 0 Å². The van der Waals surface area contributed by atoms with E-state index >= 15 is 0 Å². The molecule has 0 saturated heterocycles. The van der Waals surface area contributed by atoms with Gasteiger partial charge in [-0.25, -0.2) is 0 Å². The van der Waals surface area contributed by atoms with Gasteiger partial charge in [0.15, 0.2) is 0 Å². The molecule has 0 fully saturated rings. The normalized spacial score (nSPS) is 13.2. The van der Waals surface area contributed by atoms with Gasteiger partial charge in [0.25, 0.3) is 0 Å². The molecule has 2 aromatic heterocycles. The average Bonchev–Trinajstić information content (AvgIpc) is 1.56. The number of anilines is 6. The van der Waals surface area contributed by atoms with E-state index in [1.807, 2.05) is 0 Å². The summed E-state index contributed by atoms with van der Waals surface area (Å²) in [6.45, 7) is 9.50. The summed E-state index contributed by atoms with van der Waals surface area (Å²) >= 11 is 0. The molecule has 500 valence electrons. The van der Waals surface area contributed by atoms with Crippen LogP contribution in [0.25, 0.3) is 143 Å². The van der Waals surface area contributed by atoms with Crippen LogP contribution in [-0.4, -0.2) is 9.13 Å². The molecule has 4 nitrogen and oxygen atoms in total. The van der Waals surface area contributed by atoms with Crippen LogP contribution in [-0.2, 0) is 10.8 Å². The van der Waals surface area contributed by atoms with Gasteiger partial charge in [-0.2, -0.15) is 0 Å². The van der Waals surface area contributed by atoms with Crippen molar-refractivity contribution < 1.29 is 0 Å². The SMILES string of the molecule is CC1(C)c2ccccc2-c2ccc(N(c3ccccc3)c3ccc(-n4c5cccc(-c6cccc(N(c7ccc(-c8c9ccccc9cc9c%10ccc%11ccccc%11c%10n(-c%10ccccc%10)c89)cc7)c7ccc8c(c7)C(C)(C)c7ccccc7-8)c6)c5c5cc6ccccc6c(-c6ccccc6)c54)cc3)cc21. The van der Waals surface area contributed by atoms with Crippen molar-refractivity contribution in [2.45, 2.75) is 38.5 Å². The first-order valence-corrected chi connectivity index (χ1v) is 37.1. The summed E-state index contributed by atoms with van der Waals surface area (Å²) in [4.78, 5) is 4.91. The molecule has 2 heterocycles. The van der Waals surface area contributed by atoms with E-state index in [-0.39, 0.29) is 10.8 Å². The van der Waals surface area contributed by atoms with Crippen LogP contribution < -0.4 is 9.80 Å². The molecule has 0 N–H and O–H groups in total. The van der Waals surface area contributed by atoms with Crippen LogP contribution in [0.15, 0.2) is 364 Å². The van der Waals surface area contributed by atoms with Crippen molar-refractivity contribution in [1.82, 2.24) is 9.13 Å². The Bertz CT molecular complexity index is 6800. The molecule has 4 heteroatoms. The Kier molecular flexibility index (Phi) is 13.7. The second-order valence-corrected chi connectivity index (χ2v) is 29.9. The third-order valence-corrected chi connectivity index (χ3v) is 23.4. The van der Waals surface area contributed by atoms with E-state index in [4.69, 9.17) is 0 Å². The predicted molar refractivity (Wildman–Crippen MR) is 448 cm³/mol. The summed E-state index contributed by atoms with van der Waals surface area (Å²) in [6, 6.07) is 136. The van der Waals surface area contributed by atoms with Crippen LogP contribution >= 0.6 is 0 Å². The Labute approximate surface area is 616 Å². The standard InChI is InChI=1S/C102H72N4/c1-101(2)90-43-22-20-40-83(90)85-58-55-77(63-92(85)101)103(71-32-10-6-11-33-71)74-51-53-75(54-52-74)105-94-45-25-42-81(97(94)89-62-70-30-16-18-38-80(70)95(100(89)105)66-27-8-5-9-28-66)68-31-24-36-76(60-68)104(78-56-59-86-84-41-21-23-44-91(84)102(3,4)93(86)64-78)73-49-46-67(47-50-73)96-79-37-17-15-29-69(79)61-88-87-57-48-65-26-14-19-39-82(65)98(87)106(99(88)96)72-34-12-7-13-35-72/h5-64H,1-4H3. The highest BCUT2D eigenvalue weighted by Gasteiger charge is 2.38. The summed E-state index contributed by atoms with van der Waals surface area (Å²) in [5.74, 6) is 0. The number of fused-ring (bicyclic) bond motifs is 16. The summed E-state index contributed by atoms with van der Waals surface area (Å²) in [5.41, 5.74) is 30.7. The Balaban J connectivity index is 0.753. The quantitative estimate of drug-likeness (QED) is 0.128. The van der Waals surface area contributed by atoms with Crippen molar-refractivity contribution in [3.63, 3.8) is 0 Å². The highest BCUT2D eigenvalue weighted by atomic mass is 15.1. The van der Waals surface area contributed by atoms with Crippen molar-refractivity contribution in [2.75, 3.05) is 9.80 Å². The smallest absolute Gasteiger partial charge is 0.0626 e. The van der Waals surface area contributed by atoms with Gasteiger partial charge in [0.05, 0.1) is 22.1 Å². The van der Waals surface area contributed by atoms with Crippen molar-refractivity contribution in [2.24, 2.45) is 0 Å². The van der Waals surface area contributed by atoms with E-state index in [9.17, 15) is 0 Å². The number of benzene rings is 17. The van der Waals surface area contributed by atoms with E-state index in [0.717, 1.165) is 67.7 Å². The van der Waals surface area contributed by atoms with Crippen molar-refractivity contribution in [3.05, 3.63) is 386 Å². The predicted octanol–water partition coefficient (Wildman–Crippen LogP) is 27.9. The molecular weight excluding hydrogens is 1280 g/mol. The summed E-state index contributed by atoms with van der Waals surface area (Å²) in [5, 5.41) is 12.1. The third kappa shape index (κ3) is 9.27. The van der Waals surface area contributed by atoms with Gasteiger partial charge >= 0.3 is 0 Å². The van der Waals surface area contributed by atoms with E-state index in [1.54, 1.807) is 0 Å². The lowest BCUT2D eigenvalue weighted by Gasteiger charge is -2.29. The monoisotopic (exact) mass is 1350 g/mol. The van der Waals surface area contributed by atoms with Gasteiger partial charge in [0, 0.05) is 94.4 Å². The van der Waals surface area contributed by atoms with Crippen LogP contribution in [0.3, 0.4) is 0 Å². The van der Waals surface area contributed by atoms with E-state index in [2.05, 4.69) is 411 Å². The molecule has 0 radical (unpaired) electrons. The number of nitrogens with zero attached hydrogens (tertiary/aromatic N) is 4. The van der Waals surface area contributed by atoms with E-state index in [0.29, 0.717) is 0 Å². The van der Waals surface area contributed by atoms with E-state index in [1.165, 1.54) is 132 Å². The first-order valence-electron chi connectivity index (χ1n) is 37.1. The Hall–Kier alpha value is -13.3. The molecule has 0 unspecified atom stereocenters. The van der Waals surface area contributed by atoms with Gasteiger partial charge in [-0.1, -0.05) is 276 Å². The lowest BCUT2D eigenvalue weighted by atomic mass is 9.82. The third-order valence-electron chi connectivity index (χ3n) is 23.4. The molecule has 0 aliphatic heterocycles. The molecule has 0 bridgehead atoms. The van der Waals surface area contributed by atoms with E-state index < -0.39 is 0 Å². The zero-order chi connectivity index (χ0) is 70.5. The topological polar surface area (TPSA) is 16.3 Å². The molecule has 0 atom stereocenters. The highest BCUT2D eigenvalue weighted by Crippen LogP contribution is 2.55. The Morgan fingerprint density at radius 3 is 1.28 bits per heavy atom. The molecule has 19 aromatic rings. The van der Waals surface area contributed by atoms with Crippen LogP contribution in [0.5, 0.6) is 0 Å². The van der Waals surface area contributed by atoms with Crippen LogP contribution in [0.2, 0.25) is 0 Å². The average molecular weight is 1350 g/mol. The van der Waals surface area contributed by atoms with Crippen molar-refractivity contribution >= 4 is 110 Å². The number of hydrogen-bond acceptors (Lipinski definition) is 2. The van der Waals surface area contributed by atoms with Gasteiger partial charge in [-0.05, 0) is 209 Å². The van der Waals surface area contributed by atoms with Gasteiger partial charge < -0.3 is 18.9 Å². The minimum absolute atomic E-state index is 0.150. The number of hydrogen-bond donors (Lipinski definition) is 0. The molecule has 0 amide bonds. The largest absolute Gasteiger partial charge is 0.310 e. The summed E-state index contributed by atoms with van der Waals surface area (Å²) in [6.07, 6.45) is 0. The lowest BCUT2D eigenvalue weighted by Crippen LogP contribution is -2.16. The number of aromatic nitrogens is 2. The second-order valence-electron chi connectivity index (χ2n) is 29.9. The van der Waals surface area contributed by atoms with Gasteiger partial charge in [0.2, 0.25) is 0 Å². The Morgan fingerprint density at radius 1 is 0.226 bits per heavy atom. The highest BCUT2D eigenvalue weighted by molar-refractivity contribution is 6.27. The fraction of sp³-hybridized carbons (Fsp3) is 0.0588. The molecular formula is C102H72N4. The summed E-state index contributed by atoms with van der Waals surface area (Å²) in [7, 11) is 0. The fourth-order valence-corrected chi connectivity index (χ4v) is 18.5. The number of para-hydroxylation sites is 2. The second kappa shape index (κ2) is 23.6. The zero-order valence-corrected chi connectivity index (χ0v) is 59.4. The van der Waals surface area contributed by atoms with Crippen molar-refractivity contribution in [1.29, 1.82) is 0 Å². The molecule has 2 aliphatic rings. The van der Waals surface area contributed by atoms with Gasteiger partial charge in [-0.3, -0.25) is 0 Å². The molecule has 0 spiro atoms. The zero-order valence-electron chi connectivity index (χ0n) is 59.4. The first kappa shape index (κ1) is 61.4. The minimum Gasteiger partial charge on any atom is -0.310 e. The van der Waals surface area contributed by atoms with Gasteiger partial charge in [0.1, 0.15) is 0 Å². The fourth-order valence-electron chi connectivity index (χ4n) is 18.5. The van der Waals surface area contributed by atoms with Crippen LogP contribution in [0, 0.1) is 0 Å². The molecule has 17 aromatic carbocycles. The maximum absolute atomic E-state index is 2.54. The lowest BCUT2D eigenvalue weighted by molar-refractivity contribution is 0.660.